The minimum Gasteiger partial charge on any atom is -0.341 e. The molecule has 1 aliphatic heterocycles. The molecule has 8 heteroatoms. The molecule has 1 amide bonds. The summed E-state index contributed by atoms with van der Waals surface area (Å²) in [6.45, 7) is 10.9. The van der Waals surface area contributed by atoms with E-state index in [-0.39, 0.29) is 5.91 Å². The number of amides is 1. The summed E-state index contributed by atoms with van der Waals surface area (Å²) in [7, 11) is 0. The fourth-order valence-electron chi connectivity index (χ4n) is 3.41. The van der Waals surface area contributed by atoms with E-state index in [1.807, 2.05) is 29.5 Å². The number of rotatable bonds is 6. The largest absolute Gasteiger partial charge is 0.341 e. The van der Waals surface area contributed by atoms with Crippen LogP contribution in [-0.4, -0.2) is 66.8 Å². The number of carbonyl (C=O) groups is 1. The molecule has 1 saturated heterocycles. The molecule has 3 rings (SSSR count). The third-order valence-electron chi connectivity index (χ3n) is 4.85. The normalized spacial score (nSPS) is 16.0. The summed E-state index contributed by atoms with van der Waals surface area (Å²) in [5.74, 6) is 1.98. The highest BCUT2D eigenvalue weighted by atomic mass is 16.2. The van der Waals surface area contributed by atoms with Crippen molar-refractivity contribution in [2.45, 2.75) is 53.1 Å². The first kappa shape index (κ1) is 18.6. The first-order valence-electron chi connectivity index (χ1n) is 9.46. The Morgan fingerprint density at radius 1 is 1.23 bits per heavy atom. The van der Waals surface area contributed by atoms with Crippen LogP contribution in [0.4, 0.5) is 0 Å². The van der Waals surface area contributed by atoms with Crippen LogP contribution in [0.1, 0.15) is 42.8 Å². The minimum atomic E-state index is 0.215. The number of hydrogen-bond acceptors (Lipinski definition) is 5. The summed E-state index contributed by atoms with van der Waals surface area (Å²) >= 11 is 0. The van der Waals surface area contributed by atoms with E-state index in [2.05, 4.69) is 32.1 Å². The molecule has 142 valence electrons. The molecule has 1 aliphatic rings. The summed E-state index contributed by atoms with van der Waals surface area (Å²) < 4.78 is 1.92. The molecule has 0 bridgehead atoms. The van der Waals surface area contributed by atoms with Gasteiger partial charge in [-0.1, -0.05) is 6.92 Å². The first-order valence-corrected chi connectivity index (χ1v) is 9.46. The van der Waals surface area contributed by atoms with Gasteiger partial charge in [0.1, 0.15) is 11.6 Å². The highest BCUT2D eigenvalue weighted by molar-refractivity contribution is 5.76. The van der Waals surface area contributed by atoms with Gasteiger partial charge in [0.2, 0.25) is 5.91 Å². The molecular formula is C18H29N7O. The summed E-state index contributed by atoms with van der Waals surface area (Å²) in [4.78, 5) is 21.4. The monoisotopic (exact) mass is 359 g/mol. The molecule has 0 aromatic carbocycles. The standard InChI is InChI=1S/C18H29N7O/c1-4-16-19-17(21-20-16)13-23-7-5-8-24(11-10-23)18(26)6-9-25-15(3)12-14(2)22-25/h12H,4-11,13H2,1-3H3,(H,19,20,21). The van der Waals surface area contributed by atoms with Crippen LogP contribution in [0.5, 0.6) is 0 Å². The predicted molar refractivity (Wildman–Crippen MR) is 98.6 cm³/mol. The number of nitrogens with one attached hydrogen (secondary N) is 1. The number of aromatic amines is 1. The molecule has 0 spiro atoms. The highest BCUT2D eigenvalue weighted by Gasteiger charge is 2.20. The van der Waals surface area contributed by atoms with E-state index < -0.39 is 0 Å². The Bertz CT molecular complexity index is 736. The Morgan fingerprint density at radius 3 is 2.77 bits per heavy atom. The molecule has 0 atom stereocenters. The molecule has 1 fully saturated rings. The summed E-state index contributed by atoms with van der Waals surface area (Å²) in [5.41, 5.74) is 2.11. The van der Waals surface area contributed by atoms with E-state index in [0.29, 0.717) is 13.0 Å². The Labute approximate surface area is 154 Å². The van der Waals surface area contributed by atoms with Crippen molar-refractivity contribution >= 4 is 5.91 Å². The number of aryl methyl sites for hydroxylation is 4. The molecule has 0 saturated carbocycles. The van der Waals surface area contributed by atoms with Crippen LogP contribution < -0.4 is 0 Å². The lowest BCUT2D eigenvalue weighted by atomic mass is 10.3. The SMILES string of the molecule is CCc1n[nH]c(CN2CCCN(C(=O)CCn3nc(C)cc3C)CC2)n1. The maximum absolute atomic E-state index is 12.6. The van der Waals surface area contributed by atoms with E-state index in [4.69, 9.17) is 0 Å². The van der Waals surface area contributed by atoms with Crippen molar-refractivity contribution in [3.05, 3.63) is 29.1 Å². The average Bonchev–Trinajstić information content (AvgIpc) is 3.11. The van der Waals surface area contributed by atoms with Gasteiger partial charge in [0.15, 0.2) is 0 Å². The van der Waals surface area contributed by atoms with Gasteiger partial charge >= 0.3 is 0 Å². The molecule has 2 aromatic heterocycles. The van der Waals surface area contributed by atoms with Crippen LogP contribution in [0.3, 0.4) is 0 Å². The van der Waals surface area contributed by atoms with Crippen LogP contribution in [-0.2, 0) is 24.3 Å². The van der Waals surface area contributed by atoms with E-state index in [0.717, 1.165) is 68.6 Å². The first-order chi connectivity index (χ1) is 12.5. The Balaban J connectivity index is 1.48. The molecule has 0 unspecified atom stereocenters. The zero-order chi connectivity index (χ0) is 18.5. The van der Waals surface area contributed by atoms with Crippen molar-refractivity contribution in [1.29, 1.82) is 0 Å². The summed E-state index contributed by atoms with van der Waals surface area (Å²) in [6, 6.07) is 2.04. The zero-order valence-electron chi connectivity index (χ0n) is 16.0. The van der Waals surface area contributed by atoms with Gasteiger partial charge in [-0.05, 0) is 26.3 Å². The predicted octanol–water partition coefficient (Wildman–Crippen LogP) is 1.31. The van der Waals surface area contributed by atoms with Gasteiger partial charge in [-0.2, -0.15) is 10.2 Å². The molecular weight excluding hydrogens is 330 g/mol. The summed E-state index contributed by atoms with van der Waals surface area (Å²) in [6.07, 6.45) is 2.33. The highest BCUT2D eigenvalue weighted by Crippen LogP contribution is 2.09. The van der Waals surface area contributed by atoms with Crippen LogP contribution in [0.25, 0.3) is 0 Å². The average molecular weight is 359 g/mol. The van der Waals surface area contributed by atoms with Gasteiger partial charge < -0.3 is 4.90 Å². The Kier molecular flexibility index (Phi) is 6.03. The fraction of sp³-hybridized carbons (Fsp3) is 0.667. The maximum Gasteiger partial charge on any atom is 0.224 e. The Morgan fingerprint density at radius 2 is 2.08 bits per heavy atom. The minimum absolute atomic E-state index is 0.215. The lowest BCUT2D eigenvalue weighted by molar-refractivity contribution is -0.131. The van der Waals surface area contributed by atoms with E-state index in [1.54, 1.807) is 0 Å². The van der Waals surface area contributed by atoms with Crippen molar-refractivity contribution in [3.63, 3.8) is 0 Å². The van der Waals surface area contributed by atoms with Gasteiger partial charge in [0, 0.05) is 51.3 Å². The van der Waals surface area contributed by atoms with Crippen molar-refractivity contribution in [2.75, 3.05) is 26.2 Å². The van der Waals surface area contributed by atoms with E-state index in [1.165, 1.54) is 0 Å². The Hall–Kier alpha value is -2.22. The third-order valence-corrected chi connectivity index (χ3v) is 4.85. The number of carbonyl (C=O) groups excluding carboxylic acids is 1. The topological polar surface area (TPSA) is 82.9 Å². The molecule has 2 aromatic rings. The molecule has 3 heterocycles. The maximum atomic E-state index is 12.6. The van der Waals surface area contributed by atoms with Gasteiger partial charge in [0.25, 0.3) is 0 Å². The van der Waals surface area contributed by atoms with Crippen molar-refractivity contribution in [1.82, 2.24) is 34.8 Å². The molecule has 0 aliphatic carbocycles. The van der Waals surface area contributed by atoms with Gasteiger partial charge in [-0.15, -0.1) is 0 Å². The number of hydrogen-bond donors (Lipinski definition) is 1. The van der Waals surface area contributed by atoms with E-state index in [9.17, 15) is 4.79 Å². The van der Waals surface area contributed by atoms with Gasteiger partial charge in [-0.3, -0.25) is 19.5 Å². The summed E-state index contributed by atoms with van der Waals surface area (Å²) in [5, 5.41) is 11.6. The third kappa shape index (κ3) is 4.69. The van der Waals surface area contributed by atoms with Crippen molar-refractivity contribution in [2.24, 2.45) is 0 Å². The number of nitrogens with zero attached hydrogens (tertiary/aromatic N) is 6. The quantitative estimate of drug-likeness (QED) is 0.841. The second kappa shape index (κ2) is 8.44. The molecule has 1 N–H and O–H groups in total. The smallest absolute Gasteiger partial charge is 0.224 e. The fourth-order valence-corrected chi connectivity index (χ4v) is 3.41. The molecule has 0 radical (unpaired) electrons. The lowest BCUT2D eigenvalue weighted by Gasteiger charge is -2.21. The van der Waals surface area contributed by atoms with Crippen LogP contribution in [0, 0.1) is 13.8 Å². The van der Waals surface area contributed by atoms with Crippen molar-refractivity contribution < 1.29 is 4.79 Å². The molecule has 26 heavy (non-hydrogen) atoms. The molecule has 8 nitrogen and oxygen atoms in total. The van der Waals surface area contributed by atoms with E-state index >= 15 is 0 Å². The van der Waals surface area contributed by atoms with Crippen LogP contribution in [0.2, 0.25) is 0 Å². The second-order valence-corrected chi connectivity index (χ2v) is 6.96. The lowest BCUT2D eigenvalue weighted by Crippen LogP contribution is -2.35. The second-order valence-electron chi connectivity index (χ2n) is 6.96. The number of H-pyrrole nitrogens is 1. The van der Waals surface area contributed by atoms with Crippen LogP contribution >= 0.6 is 0 Å². The number of aromatic nitrogens is 5. The van der Waals surface area contributed by atoms with Crippen molar-refractivity contribution in [3.8, 4) is 0 Å². The zero-order valence-corrected chi connectivity index (χ0v) is 16.0. The van der Waals surface area contributed by atoms with Gasteiger partial charge in [0.05, 0.1) is 12.2 Å². The van der Waals surface area contributed by atoms with Gasteiger partial charge in [-0.25, -0.2) is 4.98 Å². The van der Waals surface area contributed by atoms with Crippen LogP contribution in [0.15, 0.2) is 6.07 Å².